The average molecular weight is 891 g/mol. The first-order chi connectivity index (χ1) is 31.0. The van der Waals surface area contributed by atoms with Gasteiger partial charge in [-0.15, -0.1) is 0 Å². The predicted molar refractivity (Wildman–Crippen MR) is 273 cm³/mol. The van der Waals surface area contributed by atoms with Crippen LogP contribution in [0.5, 0.6) is 0 Å². The van der Waals surface area contributed by atoms with Crippen LogP contribution < -0.4 is 5.32 Å². The highest BCUT2D eigenvalue weighted by molar-refractivity contribution is 5.76. The van der Waals surface area contributed by atoms with Gasteiger partial charge >= 0.3 is 5.97 Å². The van der Waals surface area contributed by atoms with Crippen LogP contribution in [-0.2, 0) is 14.3 Å². The van der Waals surface area contributed by atoms with Crippen LogP contribution in [0.4, 0.5) is 0 Å². The van der Waals surface area contributed by atoms with E-state index in [1.807, 2.05) is 0 Å². The summed E-state index contributed by atoms with van der Waals surface area (Å²) in [5.74, 6) is -0.0446. The average Bonchev–Trinajstić information content (AvgIpc) is 3.28. The molecule has 0 saturated carbocycles. The Morgan fingerprint density at radius 3 is 1.13 bits per heavy atom. The van der Waals surface area contributed by atoms with Gasteiger partial charge in [0.15, 0.2) is 0 Å². The molecule has 374 valence electrons. The third-order valence-electron chi connectivity index (χ3n) is 13.3. The molecule has 1 amide bonds. The van der Waals surface area contributed by atoms with Gasteiger partial charge in [0.25, 0.3) is 0 Å². The summed E-state index contributed by atoms with van der Waals surface area (Å²) in [5.41, 5.74) is 0. The number of rotatable bonds is 53. The molecule has 2 unspecified atom stereocenters. The fourth-order valence-corrected chi connectivity index (χ4v) is 8.93. The molecule has 0 heterocycles. The van der Waals surface area contributed by atoms with Crippen LogP contribution in [-0.4, -0.2) is 47.4 Å². The summed E-state index contributed by atoms with van der Waals surface area (Å²) in [6, 6.07) is -0.548. The zero-order chi connectivity index (χ0) is 45.8. The summed E-state index contributed by atoms with van der Waals surface area (Å²) >= 11 is 0. The second kappa shape index (κ2) is 53.2. The van der Waals surface area contributed by atoms with Crippen LogP contribution in [0.15, 0.2) is 12.2 Å². The number of ether oxygens (including phenoxy) is 1. The number of hydrogen-bond acceptors (Lipinski definition) is 5. The van der Waals surface area contributed by atoms with E-state index in [0.29, 0.717) is 25.9 Å². The van der Waals surface area contributed by atoms with Gasteiger partial charge in [0, 0.05) is 12.8 Å². The van der Waals surface area contributed by atoms with Gasteiger partial charge in [-0.25, -0.2) is 0 Å². The molecule has 0 aliphatic carbocycles. The topological polar surface area (TPSA) is 95.9 Å². The van der Waals surface area contributed by atoms with Crippen molar-refractivity contribution >= 4 is 11.9 Å². The third kappa shape index (κ3) is 49.9. The van der Waals surface area contributed by atoms with Gasteiger partial charge in [-0.1, -0.05) is 264 Å². The summed E-state index contributed by atoms with van der Waals surface area (Å²) in [5, 5.41) is 23.1. The lowest BCUT2D eigenvalue weighted by molar-refractivity contribution is -0.143. The summed E-state index contributed by atoms with van der Waals surface area (Å²) in [4.78, 5) is 24.5. The van der Waals surface area contributed by atoms with E-state index in [9.17, 15) is 19.8 Å². The molecule has 3 N–H and O–H groups in total. The number of esters is 1. The molecule has 63 heavy (non-hydrogen) atoms. The molecule has 0 spiro atoms. The van der Waals surface area contributed by atoms with Crippen LogP contribution in [0.2, 0.25) is 0 Å². The number of allylic oxidation sites excluding steroid dienone is 2. The van der Waals surface area contributed by atoms with Gasteiger partial charge < -0.3 is 20.3 Å². The van der Waals surface area contributed by atoms with Crippen LogP contribution in [0.3, 0.4) is 0 Å². The van der Waals surface area contributed by atoms with Crippen molar-refractivity contribution < 1.29 is 24.5 Å². The standard InChI is InChI=1S/C57H111NO5/c1-3-5-7-9-11-13-15-16-17-18-19-22-25-28-31-35-39-43-47-51-57(62)63-52-48-44-40-36-32-29-26-23-20-21-24-27-30-34-38-42-46-50-56(61)58-54(53-59)55(60)49-45-41-37-33-14-12-10-8-6-4-2/h20,23,54-55,59-60H,3-19,21-22,24-53H2,1-2H3,(H,58,61)/b23-20-. The smallest absolute Gasteiger partial charge is 0.305 e. The molecular formula is C57H111NO5. The molecule has 0 aromatic rings. The highest BCUT2D eigenvalue weighted by Gasteiger charge is 2.20. The van der Waals surface area contributed by atoms with Crippen molar-refractivity contribution in [1.29, 1.82) is 0 Å². The van der Waals surface area contributed by atoms with E-state index in [1.54, 1.807) is 0 Å². The van der Waals surface area contributed by atoms with E-state index >= 15 is 0 Å². The van der Waals surface area contributed by atoms with Gasteiger partial charge in [0.05, 0.1) is 25.4 Å². The number of aliphatic hydroxyl groups excluding tert-OH is 2. The highest BCUT2D eigenvalue weighted by Crippen LogP contribution is 2.17. The van der Waals surface area contributed by atoms with Crippen molar-refractivity contribution in [1.82, 2.24) is 5.32 Å². The van der Waals surface area contributed by atoms with Gasteiger partial charge in [-0.05, 0) is 51.4 Å². The van der Waals surface area contributed by atoms with Gasteiger partial charge in [0.2, 0.25) is 5.91 Å². The maximum Gasteiger partial charge on any atom is 0.305 e. The third-order valence-corrected chi connectivity index (χ3v) is 13.3. The Labute approximate surface area is 393 Å². The van der Waals surface area contributed by atoms with Crippen LogP contribution >= 0.6 is 0 Å². The fourth-order valence-electron chi connectivity index (χ4n) is 8.93. The lowest BCUT2D eigenvalue weighted by Crippen LogP contribution is -2.45. The number of carbonyl (C=O) groups excluding carboxylic acids is 2. The summed E-state index contributed by atoms with van der Waals surface area (Å²) in [6.07, 6.45) is 62.1. The second-order valence-electron chi connectivity index (χ2n) is 19.6. The van der Waals surface area contributed by atoms with Crippen LogP contribution in [0.1, 0.15) is 316 Å². The number of nitrogens with one attached hydrogen (secondary N) is 1. The van der Waals surface area contributed by atoms with Gasteiger partial charge in [-0.3, -0.25) is 9.59 Å². The molecule has 0 aromatic heterocycles. The Kier molecular flexibility index (Phi) is 52.0. The molecule has 0 fully saturated rings. The van der Waals surface area contributed by atoms with E-state index in [-0.39, 0.29) is 18.5 Å². The van der Waals surface area contributed by atoms with E-state index < -0.39 is 12.1 Å². The van der Waals surface area contributed by atoms with Crippen molar-refractivity contribution in [2.24, 2.45) is 0 Å². The molecule has 0 bridgehead atoms. The molecule has 0 saturated heterocycles. The number of unbranched alkanes of at least 4 members (excludes halogenated alkanes) is 40. The maximum absolute atomic E-state index is 12.4. The zero-order valence-electron chi connectivity index (χ0n) is 42.6. The molecule has 2 atom stereocenters. The van der Waals surface area contributed by atoms with Gasteiger partial charge in [0.1, 0.15) is 0 Å². The van der Waals surface area contributed by atoms with E-state index in [1.165, 1.54) is 231 Å². The number of aliphatic hydroxyl groups is 2. The highest BCUT2D eigenvalue weighted by atomic mass is 16.5. The maximum atomic E-state index is 12.4. The SMILES string of the molecule is CCCCCCCCCCCCCCCCCCCCCC(=O)OCCCCCCCC/C=C\CCCCCCCCCC(=O)NC(CO)C(O)CCCCCCCCCCCC. The van der Waals surface area contributed by atoms with E-state index in [2.05, 4.69) is 31.3 Å². The fraction of sp³-hybridized carbons (Fsp3) is 0.930. The molecule has 0 aliphatic heterocycles. The predicted octanol–water partition coefficient (Wildman–Crippen LogP) is 17.3. The Balaban J connectivity index is 3.39. The van der Waals surface area contributed by atoms with E-state index in [0.717, 1.165) is 51.4 Å². The Bertz CT molecular complexity index is 939. The first-order valence-electron chi connectivity index (χ1n) is 28.4. The number of hydrogen-bond donors (Lipinski definition) is 3. The van der Waals surface area contributed by atoms with Crippen molar-refractivity contribution in [3.05, 3.63) is 12.2 Å². The quantitative estimate of drug-likeness (QED) is 0.0321. The molecule has 0 rings (SSSR count). The molecular weight excluding hydrogens is 779 g/mol. The lowest BCUT2D eigenvalue weighted by atomic mass is 10.0. The first-order valence-corrected chi connectivity index (χ1v) is 28.4. The second-order valence-corrected chi connectivity index (χ2v) is 19.6. The van der Waals surface area contributed by atoms with E-state index in [4.69, 9.17) is 4.74 Å². The summed E-state index contributed by atoms with van der Waals surface area (Å²) in [6.45, 7) is 4.93. The monoisotopic (exact) mass is 890 g/mol. The molecule has 6 nitrogen and oxygen atoms in total. The Hall–Kier alpha value is -1.40. The molecule has 0 aliphatic rings. The van der Waals surface area contributed by atoms with Gasteiger partial charge in [-0.2, -0.15) is 0 Å². The van der Waals surface area contributed by atoms with Crippen LogP contribution in [0, 0.1) is 0 Å². The molecule has 0 radical (unpaired) electrons. The van der Waals surface area contributed by atoms with Crippen molar-refractivity contribution in [3.63, 3.8) is 0 Å². The minimum Gasteiger partial charge on any atom is -0.466 e. The largest absolute Gasteiger partial charge is 0.466 e. The Morgan fingerprint density at radius 1 is 0.429 bits per heavy atom. The van der Waals surface area contributed by atoms with Crippen molar-refractivity contribution in [2.45, 2.75) is 328 Å². The Morgan fingerprint density at radius 2 is 0.746 bits per heavy atom. The first kappa shape index (κ1) is 61.6. The number of amides is 1. The van der Waals surface area contributed by atoms with Crippen molar-refractivity contribution in [2.75, 3.05) is 13.2 Å². The molecule has 6 heteroatoms. The van der Waals surface area contributed by atoms with Crippen molar-refractivity contribution in [3.8, 4) is 0 Å². The molecule has 0 aromatic carbocycles. The normalized spacial score (nSPS) is 12.6. The summed E-state index contributed by atoms with van der Waals surface area (Å²) < 4.78 is 5.49. The lowest BCUT2D eigenvalue weighted by Gasteiger charge is -2.22. The summed E-state index contributed by atoms with van der Waals surface area (Å²) in [7, 11) is 0. The number of carbonyl (C=O) groups is 2. The minimum absolute atomic E-state index is 0.00314. The minimum atomic E-state index is -0.669. The zero-order valence-corrected chi connectivity index (χ0v) is 42.6. The van der Waals surface area contributed by atoms with Crippen LogP contribution in [0.25, 0.3) is 0 Å².